The highest BCUT2D eigenvalue weighted by molar-refractivity contribution is 9.10. The van der Waals surface area contributed by atoms with Crippen molar-refractivity contribution in [1.29, 1.82) is 0 Å². The smallest absolute Gasteiger partial charge is 0.159 e. The van der Waals surface area contributed by atoms with E-state index in [2.05, 4.69) is 28.0 Å². The van der Waals surface area contributed by atoms with Gasteiger partial charge in [-0.15, -0.1) is 0 Å². The van der Waals surface area contributed by atoms with Gasteiger partial charge >= 0.3 is 0 Å². The van der Waals surface area contributed by atoms with Crippen LogP contribution in [0.2, 0.25) is 5.02 Å². The summed E-state index contributed by atoms with van der Waals surface area (Å²) in [4.78, 5) is 5.54. The Kier molecular flexibility index (Phi) is 5.86. The maximum Gasteiger partial charge on any atom is 0.159 e. The molecule has 2 aromatic rings. The normalized spacial score (nSPS) is 16.4. The second-order valence-corrected chi connectivity index (χ2v) is 7.12. The molecule has 0 fully saturated rings. The Labute approximate surface area is 160 Å². The molecule has 1 aliphatic heterocycles. The van der Waals surface area contributed by atoms with Crippen molar-refractivity contribution in [3.05, 3.63) is 57.0 Å². The summed E-state index contributed by atoms with van der Waals surface area (Å²) in [6.07, 6.45) is 2.32. The molecule has 0 amide bonds. The quantitative estimate of drug-likeness (QED) is 0.592. The van der Waals surface area contributed by atoms with Crippen LogP contribution in [0.1, 0.15) is 43.4 Å². The molecule has 132 valence electrons. The van der Waals surface area contributed by atoms with E-state index in [-0.39, 0.29) is 11.9 Å². The van der Waals surface area contributed by atoms with Crippen molar-refractivity contribution in [3.63, 3.8) is 0 Å². The number of aromatic hydroxyl groups is 1. The molecule has 1 atom stereocenters. The van der Waals surface area contributed by atoms with Crippen LogP contribution in [0.15, 0.2) is 46.0 Å². The van der Waals surface area contributed by atoms with Crippen LogP contribution in [0, 0.1) is 0 Å². The van der Waals surface area contributed by atoms with E-state index in [1.807, 2.05) is 30.3 Å². The summed E-state index contributed by atoms with van der Waals surface area (Å²) in [5.74, 6) is 0.744. The van der Waals surface area contributed by atoms with Crippen LogP contribution in [0.5, 0.6) is 11.5 Å². The zero-order valence-electron chi connectivity index (χ0n) is 13.8. The van der Waals surface area contributed by atoms with E-state index in [9.17, 15) is 5.11 Å². The van der Waals surface area contributed by atoms with E-state index in [1.54, 1.807) is 6.07 Å². The number of phenols is 1. The summed E-state index contributed by atoms with van der Waals surface area (Å²) in [7, 11) is 0. The van der Waals surface area contributed by atoms with Gasteiger partial charge in [0.05, 0.1) is 16.8 Å². The van der Waals surface area contributed by atoms with Crippen LogP contribution in [-0.4, -0.2) is 17.4 Å². The van der Waals surface area contributed by atoms with E-state index in [0.717, 1.165) is 22.9 Å². The Balaban J connectivity index is 1.77. The minimum Gasteiger partial charge on any atom is -0.507 e. The third-order valence-corrected chi connectivity index (χ3v) is 5.00. The molecule has 0 saturated heterocycles. The Bertz CT molecular complexity index is 794. The average Bonchev–Trinajstić information content (AvgIpc) is 3.08. The van der Waals surface area contributed by atoms with Crippen LogP contribution in [-0.2, 0) is 4.84 Å². The van der Waals surface area contributed by atoms with Crippen LogP contribution < -0.4 is 4.74 Å². The number of unbranched alkanes of at least 4 members (excludes halogenated alkanes) is 1. The molecular weight excluding hydrogens is 406 g/mol. The summed E-state index contributed by atoms with van der Waals surface area (Å²) < 4.78 is 6.46. The van der Waals surface area contributed by atoms with Gasteiger partial charge in [-0.05, 0) is 34.5 Å². The monoisotopic (exact) mass is 423 g/mol. The number of nitrogens with zero attached hydrogens (tertiary/aromatic N) is 1. The Morgan fingerprint density at radius 3 is 2.92 bits per heavy atom. The highest BCUT2D eigenvalue weighted by Crippen LogP contribution is 2.38. The Morgan fingerprint density at radius 1 is 1.36 bits per heavy atom. The highest BCUT2D eigenvalue weighted by atomic mass is 79.9. The molecule has 1 aliphatic rings. The summed E-state index contributed by atoms with van der Waals surface area (Å²) in [5, 5.41) is 15.2. The first kappa shape index (κ1) is 18.1. The maximum absolute atomic E-state index is 10.4. The fourth-order valence-corrected chi connectivity index (χ4v) is 3.37. The fraction of sp³-hybridized carbons (Fsp3) is 0.316. The van der Waals surface area contributed by atoms with Crippen LogP contribution >= 0.6 is 27.5 Å². The Hall–Kier alpha value is -1.72. The SMILES string of the molecule is CCCCOc1cc(O)c(C2=NOC(c3ccccc3Cl)C2)cc1Br. The molecule has 3 rings (SSSR count). The van der Waals surface area contributed by atoms with Crippen molar-refractivity contribution in [2.75, 3.05) is 6.61 Å². The molecule has 0 saturated carbocycles. The fourth-order valence-electron chi connectivity index (χ4n) is 2.65. The van der Waals surface area contributed by atoms with E-state index >= 15 is 0 Å². The predicted octanol–water partition coefficient (Wildman–Crippen LogP) is 5.85. The second kappa shape index (κ2) is 8.11. The third-order valence-electron chi connectivity index (χ3n) is 4.04. The van der Waals surface area contributed by atoms with Gasteiger partial charge in [-0.2, -0.15) is 0 Å². The molecule has 25 heavy (non-hydrogen) atoms. The zero-order chi connectivity index (χ0) is 17.8. The van der Waals surface area contributed by atoms with E-state index in [0.29, 0.717) is 35.1 Å². The van der Waals surface area contributed by atoms with Gasteiger partial charge in [-0.3, -0.25) is 0 Å². The molecular formula is C19H19BrClNO3. The molecule has 0 bridgehead atoms. The van der Waals surface area contributed by atoms with Gasteiger partial charge in [0, 0.05) is 28.6 Å². The molecule has 2 aromatic carbocycles. The minimum atomic E-state index is -0.248. The third kappa shape index (κ3) is 4.10. The van der Waals surface area contributed by atoms with E-state index < -0.39 is 0 Å². The number of hydrogen-bond acceptors (Lipinski definition) is 4. The Morgan fingerprint density at radius 2 is 2.16 bits per heavy atom. The number of oxime groups is 1. The summed E-state index contributed by atoms with van der Waals surface area (Å²) >= 11 is 9.73. The average molecular weight is 425 g/mol. The number of halogens is 2. The molecule has 1 N–H and O–H groups in total. The summed E-state index contributed by atoms with van der Waals surface area (Å²) in [6, 6.07) is 11.0. The van der Waals surface area contributed by atoms with Gasteiger partial charge in [0.25, 0.3) is 0 Å². The number of hydrogen-bond donors (Lipinski definition) is 1. The number of rotatable bonds is 6. The standard InChI is InChI=1S/C19H19BrClNO3/c1-2-3-8-24-19-11-17(23)13(9-14(19)20)16-10-18(25-22-16)12-6-4-5-7-15(12)21/h4-7,9,11,18,23H,2-3,8,10H2,1H3. The molecule has 0 radical (unpaired) electrons. The lowest BCUT2D eigenvalue weighted by molar-refractivity contribution is 0.0858. The van der Waals surface area contributed by atoms with Crippen molar-refractivity contribution < 1.29 is 14.7 Å². The molecule has 1 heterocycles. The number of benzene rings is 2. The number of ether oxygens (including phenoxy) is 1. The van der Waals surface area contributed by atoms with Crippen molar-refractivity contribution in [3.8, 4) is 11.5 Å². The van der Waals surface area contributed by atoms with E-state index in [1.165, 1.54) is 0 Å². The highest BCUT2D eigenvalue weighted by Gasteiger charge is 2.27. The largest absolute Gasteiger partial charge is 0.507 e. The van der Waals surface area contributed by atoms with Gasteiger partial charge in [-0.25, -0.2) is 0 Å². The first-order valence-electron chi connectivity index (χ1n) is 8.23. The van der Waals surface area contributed by atoms with Crippen LogP contribution in [0.4, 0.5) is 0 Å². The molecule has 0 aliphatic carbocycles. The summed E-state index contributed by atoms with van der Waals surface area (Å²) in [6.45, 7) is 2.72. The molecule has 1 unspecified atom stereocenters. The topological polar surface area (TPSA) is 51.0 Å². The summed E-state index contributed by atoms with van der Waals surface area (Å²) in [5.41, 5.74) is 2.20. The molecule has 4 nitrogen and oxygen atoms in total. The molecule has 0 aromatic heterocycles. The molecule has 0 spiro atoms. The zero-order valence-corrected chi connectivity index (χ0v) is 16.2. The predicted molar refractivity (Wildman–Crippen MR) is 103 cm³/mol. The van der Waals surface area contributed by atoms with Gasteiger partial charge in [-0.1, -0.05) is 48.3 Å². The van der Waals surface area contributed by atoms with Crippen molar-refractivity contribution in [1.82, 2.24) is 0 Å². The van der Waals surface area contributed by atoms with Crippen molar-refractivity contribution in [2.24, 2.45) is 5.16 Å². The van der Waals surface area contributed by atoms with Gasteiger partial charge in [0.1, 0.15) is 11.5 Å². The van der Waals surface area contributed by atoms with Crippen LogP contribution in [0.3, 0.4) is 0 Å². The van der Waals surface area contributed by atoms with Crippen LogP contribution in [0.25, 0.3) is 0 Å². The van der Waals surface area contributed by atoms with Crippen molar-refractivity contribution >= 4 is 33.2 Å². The lowest BCUT2D eigenvalue weighted by Crippen LogP contribution is -2.04. The first-order valence-corrected chi connectivity index (χ1v) is 9.40. The van der Waals surface area contributed by atoms with E-state index in [4.69, 9.17) is 21.2 Å². The first-order chi connectivity index (χ1) is 12.1. The van der Waals surface area contributed by atoms with Gasteiger partial charge in [0.2, 0.25) is 0 Å². The molecule has 6 heteroatoms. The maximum atomic E-state index is 10.4. The van der Waals surface area contributed by atoms with Gasteiger partial charge < -0.3 is 14.7 Å². The lowest BCUT2D eigenvalue weighted by atomic mass is 9.99. The van der Waals surface area contributed by atoms with Gasteiger partial charge in [0.15, 0.2) is 6.10 Å². The number of phenolic OH excluding ortho intramolecular Hbond substituents is 1. The van der Waals surface area contributed by atoms with Crippen molar-refractivity contribution in [2.45, 2.75) is 32.3 Å². The lowest BCUT2D eigenvalue weighted by Gasteiger charge is -2.12. The minimum absolute atomic E-state index is 0.122. The second-order valence-electron chi connectivity index (χ2n) is 5.86.